The van der Waals surface area contributed by atoms with Crippen LogP contribution in [0.4, 0.5) is 0 Å². The number of phenols is 4. The van der Waals surface area contributed by atoms with Crippen molar-refractivity contribution in [3.05, 3.63) is 119 Å². The first-order valence-electron chi connectivity index (χ1n) is 10.2. The Morgan fingerprint density at radius 3 is 0.576 bits per heavy atom. The van der Waals surface area contributed by atoms with Crippen LogP contribution >= 0.6 is 0 Å². The van der Waals surface area contributed by atoms with Crippen molar-refractivity contribution in [3.63, 3.8) is 0 Å². The number of phenolic OH excluding ortho intramolecular Hbond substituents is 4. The quantitative estimate of drug-likeness (QED) is 0.204. The maximum Gasteiger partial charge on any atom is 0.118 e. The Morgan fingerprint density at radius 2 is 0.485 bits per heavy atom. The van der Waals surface area contributed by atoms with E-state index >= 15 is 0 Å². The Bertz CT molecular complexity index is 822. The molecule has 4 nitrogen and oxygen atoms in total. The molecule has 33 heavy (non-hydrogen) atoms. The van der Waals surface area contributed by atoms with Gasteiger partial charge in [-0.1, -0.05) is 72.8 Å². The predicted molar refractivity (Wildman–Crippen MR) is 131 cm³/mol. The molecule has 0 spiro atoms. The summed E-state index contributed by atoms with van der Waals surface area (Å²) >= 11 is 0. The molecule has 0 bridgehead atoms. The van der Waals surface area contributed by atoms with Crippen molar-refractivity contribution in [1.29, 1.82) is 0 Å². The number of para-hydroxylation sites is 4. The summed E-state index contributed by atoms with van der Waals surface area (Å²) < 4.78 is 0. The monoisotopic (exact) mass is 522 g/mol. The Morgan fingerprint density at radius 1 is 0.333 bits per heavy atom. The minimum absolute atomic E-state index is 0. The van der Waals surface area contributed by atoms with Gasteiger partial charge in [0, 0.05) is 26.2 Å². The largest absolute Gasteiger partial charge is 0.508 e. The van der Waals surface area contributed by atoms with E-state index in [0.29, 0.717) is 23.0 Å². The first kappa shape index (κ1) is 30.0. The molecular weight excluding hydrogens is 492 g/mol. The molecule has 4 aromatic carbocycles. The number of hydrogen-bond acceptors (Lipinski definition) is 4. The molecular formula is C28H32O4Zr. The fourth-order valence-electron chi connectivity index (χ4n) is 2.25. The molecule has 4 rings (SSSR count). The first-order chi connectivity index (χ1) is 15.2. The molecule has 0 aromatic heterocycles. The number of rotatable bonds is 0. The molecule has 4 N–H and O–H groups in total. The van der Waals surface area contributed by atoms with Gasteiger partial charge in [-0.05, 0) is 74.2 Å². The minimum atomic E-state index is 0. The van der Waals surface area contributed by atoms with Crippen LogP contribution in [0.1, 0.15) is 22.3 Å². The summed E-state index contributed by atoms with van der Waals surface area (Å²) in [6.07, 6.45) is 0. The van der Waals surface area contributed by atoms with Crippen LogP contribution in [0, 0.1) is 27.7 Å². The van der Waals surface area contributed by atoms with Crippen LogP contribution in [0.15, 0.2) is 97.1 Å². The zero-order chi connectivity index (χ0) is 23.9. The molecule has 0 aliphatic rings. The van der Waals surface area contributed by atoms with Crippen molar-refractivity contribution in [2.45, 2.75) is 27.7 Å². The van der Waals surface area contributed by atoms with Gasteiger partial charge < -0.3 is 20.4 Å². The third-order valence-electron chi connectivity index (χ3n) is 4.46. The standard InChI is InChI=1S/4C7H8O.Zr/c4*1-6-4-2-3-5-7(6)8;/h4*2-5,8H,1H3;. The molecule has 0 radical (unpaired) electrons. The molecule has 4 aromatic rings. The maximum atomic E-state index is 8.92. The molecule has 0 saturated carbocycles. The fourth-order valence-corrected chi connectivity index (χ4v) is 2.25. The molecule has 5 heteroatoms. The molecule has 0 saturated heterocycles. The first-order valence-corrected chi connectivity index (χ1v) is 10.2. The summed E-state index contributed by atoms with van der Waals surface area (Å²) in [5.74, 6) is 1.47. The van der Waals surface area contributed by atoms with Crippen LogP contribution in [0.5, 0.6) is 23.0 Å². The Hall–Kier alpha value is -3.04. The second kappa shape index (κ2) is 16.6. The second-order valence-electron chi connectivity index (χ2n) is 7.15. The average molecular weight is 524 g/mol. The zero-order valence-electron chi connectivity index (χ0n) is 19.5. The van der Waals surface area contributed by atoms with Gasteiger partial charge in [0.15, 0.2) is 0 Å². The topological polar surface area (TPSA) is 80.9 Å². The maximum absolute atomic E-state index is 8.92. The third-order valence-corrected chi connectivity index (χ3v) is 4.46. The van der Waals surface area contributed by atoms with Crippen LogP contribution in [0.3, 0.4) is 0 Å². The van der Waals surface area contributed by atoms with Gasteiger partial charge in [-0.2, -0.15) is 0 Å². The van der Waals surface area contributed by atoms with Gasteiger partial charge in [0.05, 0.1) is 0 Å². The average Bonchev–Trinajstić information content (AvgIpc) is 2.78. The third kappa shape index (κ3) is 12.5. The molecule has 0 fully saturated rings. The van der Waals surface area contributed by atoms with Crippen molar-refractivity contribution in [2.24, 2.45) is 0 Å². The van der Waals surface area contributed by atoms with Gasteiger partial charge >= 0.3 is 0 Å². The zero-order valence-corrected chi connectivity index (χ0v) is 22.0. The van der Waals surface area contributed by atoms with Gasteiger partial charge in [0.1, 0.15) is 23.0 Å². The fraction of sp³-hybridized carbons (Fsp3) is 0.143. The van der Waals surface area contributed by atoms with Crippen molar-refractivity contribution in [1.82, 2.24) is 0 Å². The summed E-state index contributed by atoms with van der Waals surface area (Å²) in [6, 6.07) is 29.0. The van der Waals surface area contributed by atoms with Crippen molar-refractivity contribution in [3.8, 4) is 23.0 Å². The van der Waals surface area contributed by atoms with E-state index in [1.54, 1.807) is 24.3 Å². The van der Waals surface area contributed by atoms with Crippen LogP contribution in [-0.2, 0) is 26.2 Å². The summed E-state index contributed by atoms with van der Waals surface area (Å²) in [4.78, 5) is 0. The van der Waals surface area contributed by atoms with Crippen LogP contribution < -0.4 is 0 Å². The number of hydrogen-bond donors (Lipinski definition) is 4. The van der Waals surface area contributed by atoms with E-state index in [9.17, 15) is 0 Å². The molecule has 0 aliphatic heterocycles. The number of benzene rings is 4. The summed E-state index contributed by atoms with van der Waals surface area (Å²) in [7, 11) is 0. The molecule has 0 heterocycles. The normalized spacial score (nSPS) is 8.85. The molecule has 0 aliphatic carbocycles. The Labute approximate surface area is 216 Å². The van der Waals surface area contributed by atoms with Gasteiger partial charge in [-0.15, -0.1) is 0 Å². The van der Waals surface area contributed by atoms with Crippen LogP contribution in [-0.4, -0.2) is 20.4 Å². The van der Waals surface area contributed by atoms with Gasteiger partial charge in [0.2, 0.25) is 0 Å². The molecule has 0 atom stereocenters. The van der Waals surface area contributed by atoms with Crippen molar-refractivity contribution >= 4 is 0 Å². The van der Waals surface area contributed by atoms with Crippen molar-refractivity contribution in [2.75, 3.05) is 0 Å². The Kier molecular flexibility index (Phi) is 15.1. The minimum Gasteiger partial charge on any atom is -0.508 e. The van der Waals surface area contributed by atoms with Crippen LogP contribution in [0.2, 0.25) is 0 Å². The molecule has 172 valence electrons. The number of aromatic hydroxyl groups is 4. The van der Waals surface area contributed by atoms with Gasteiger partial charge in [-0.3, -0.25) is 0 Å². The summed E-state index contributed by atoms with van der Waals surface area (Å²) in [6.45, 7) is 7.48. The van der Waals surface area contributed by atoms with E-state index in [1.807, 2.05) is 100 Å². The summed E-state index contributed by atoms with van der Waals surface area (Å²) in [5, 5.41) is 35.7. The van der Waals surface area contributed by atoms with E-state index in [-0.39, 0.29) is 26.2 Å². The van der Waals surface area contributed by atoms with Gasteiger partial charge in [-0.25, -0.2) is 0 Å². The van der Waals surface area contributed by atoms with E-state index in [0.717, 1.165) is 22.3 Å². The number of aryl methyl sites for hydroxylation is 4. The van der Waals surface area contributed by atoms with E-state index in [1.165, 1.54) is 0 Å². The van der Waals surface area contributed by atoms with Crippen LogP contribution in [0.25, 0.3) is 0 Å². The molecule has 0 amide bonds. The van der Waals surface area contributed by atoms with E-state index in [4.69, 9.17) is 20.4 Å². The predicted octanol–water partition coefficient (Wildman–Crippen LogP) is 6.80. The van der Waals surface area contributed by atoms with E-state index in [2.05, 4.69) is 0 Å². The smallest absolute Gasteiger partial charge is 0.118 e. The van der Waals surface area contributed by atoms with Gasteiger partial charge in [0.25, 0.3) is 0 Å². The van der Waals surface area contributed by atoms with E-state index < -0.39 is 0 Å². The SMILES string of the molecule is Cc1ccccc1O.Cc1ccccc1O.Cc1ccccc1O.Cc1ccccc1O.[Zr]. The van der Waals surface area contributed by atoms with Crippen molar-refractivity contribution < 1.29 is 46.6 Å². The summed E-state index contributed by atoms with van der Waals surface area (Å²) in [5.41, 5.74) is 3.69. The Balaban J connectivity index is 0.000000410. The second-order valence-corrected chi connectivity index (χ2v) is 7.15. The molecule has 0 unspecified atom stereocenters.